The topological polar surface area (TPSA) is 40.6 Å². The first-order chi connectivity index (χ1) is 11.5. The van der Waals surface area contributed by atoms with Crippen molar-refractivity contribution in [3.63, 3.8) is 0 Å². The highest BCUT2D eigenvalue weighted by Crippen LogP contribution is 2.26. The van der Waals surface area contributed by atoms with E-state index < -0.39 is 0 Å². The quantitative estimate of drug-likeness (QED) is 0.837. The molecular formula is C20H28N2O2. The molecule has 2 aliphatic heterocycles. The van der Waals surface area contributed by atoms with Crippen LogP contribution in [0.3, 0.4) is 0 Å². The smallest absolute Gasteiger partial charge is 0.253 e. The average molecular weight is 328 g/mol. The van der Waals surface area contributed by atoms with Gasteiger partial charge >= 0.3 is 0 Å². The van der Waals surface area contributed by atoms with Crippen LogP contribution in [0, 0.1) is 17.8 Å². The van der Waals surface area contributed by atoms with E-state index in [0.717, 1.165) is 31.5 Å². The molecule has 1 aromatic carbocycles. The number of likely N-dealkylation sites (tertiary alicyclic amines) is 2. The summed E-state index contributed by atoms with van der Waals surface area (Å²) >= 11 is 0. The summed E-state index contributed by atoms with van der Waals surface area (Å²) in [5, 5.41) is 0. The standard InChI is InChI=1S/C20H28N2O2/c1-15-12-16(2)14-22(13-15)20(24)18-8-10-21(11-9-18)19(23)17-6-4-3-5-7-17/h3-7,15-16,18H,8-14H2,1-2H3/t15-,16-/m1/s1. The zero-order chi connectivity index (χ0) is 17.1. The molecule has 0 aromatic heterocycles. The van der Waals surface area contributed by atoms with Crippen LogP contribution in [0.4, 0.5) is 0 Å². The van der Waals surface area contributed by atoms with Gasteiger partial charge in [-0.1, -0.05) is 32.0 Å². The second kappa shape index (κ2) is 7.37. The van der Waals surface area contributed by atoms with E-state index in [2.05, 4.69) is 18.7 Å². The molecule has 0 aliphatic carbocycles. The summed E-state index contributed by atoms with van der Waals surface area (Å²) in [6, 6.07) is 9.42. The minimum absolute atomic E-state index is 0.0849. The number of amides is 2. The van der Waals surface area contributed by atoms with Crippen molar-refractivity contribution in [1.82, 2.24) is 9.80 Å². The van der Waals surface area contributed by atoms with Crippen molar-refractivity contribution in [1.29, 1.82) is 0 Å². The number of piperidine rings is 2. The molecule has 2 saturated heterocycles. The maximum atomic E-state index is 12.8. The Balaban J connectivity index is 1.55. The van der Waals surface area contributed by atoms with E-state index in [1.165, 1.54) is 6.42 Å². The average Bonchev–Trinajstić information content (AvgIpc) is 2.60. The monoisotopic (exact) mass is 328 g/mol. The Hall–Kier alpha value is -1.84. The lowest BCUT2D eigenvalue weighted by molar-refractivity contribution is -0.139. The molecule has 0 unspecified atom stereocenters. The van der Waals surface area contributed by atoms with E-state index in [9.17, 15) is 9.59 Å². The van der Waals surface area contributed by atoms with Gasteiger partial charge in [0.25, 0.3) is 5.91 Å². The van der Waals surface area contributed by atoms with Crippen LogP contribution in [0.25, 0.3) is 0 Å². The third kappa shape index (κ3) is 3.80. The lowest BCUT2D eigenvalue weighted by Gasteiger charge is -2.39. The predicted octanol–water partition coefficient (Wildman–Crippen LogP) is 3.04. The fourth-order valence-electron chi connectivity index (χ4n) is 4.19. The van der Waals surface area contributed by atoms with Crippen LogP contribution in [0.5, 0.6) is 0 Å². The summed E-state index contributed by atoms with van der Waals surface area (Å²) in [5.74, 6) is 1.67. The Morgan fingerprint density at radius 3 is 2.08 bits per heavy atom. The number of carbonyl (C=O) groups excluding carboxylic acids is 2. The number of carbonyl (C=O) groups is 2. The highest BCUT2D eigenvalue weighted by Gasteiger charge is 2.33. The first-order valence-corrected chi connectivity index (χ1v) is 9.17. The van der Waals surface area contributed by atoms with Gasteiger partial charge in [-0.15, -0.1) is 0 Å². The van der Waals surface area contributed by atoms with Crippen LogP contribution in [0.1, 0.15) is 43.5 Å². The molecule has 0 spiro atoms. The molecule has 2 fully saturated rings. The maximum absolute atomic E-state index is 12.8. The molecular weight excluding hydrogens is 300 g/mol. The van der Waals surface area contributed by atoms with E-state index >= 15 is 0 Å². The second-order valence-electron chi connectivity index (χ2n) is 7.62. The first kappa shape index (κ1) is 17.0. The van der Waals surface area contributed by atoms with Gasteiger partial charge in [0.15, 0.2) is 0 Å². The lowest BCUT2D eigenvalue weighted by atomic mass is 9.89. The van der Waals surface area contributed by atoms with E-state index in [0.29, 0.717) is 30.8 Å². The van der Waals surface area contributed by atoms with Crippen LogP contribution in [0.2, 0.25) is 0 Å². The number of benzene rings is 1. The molecule has 2 aliphatic rings. The fourth-order valence-corrected chi connectivity index (χ4v) is 4.19. The summed E-state index contributed by atoms with van der Waals surface area (Å²) < 4.78 is 0. The van der Waals surface area contributed by atoms with Gasteiger partial charge in [-0.25, -0.2) is 0 Å². The predicted molar refractivity (Wildman–Crippen MR) is 94.6 cm³/mol. The highest BCUT2D eigenvalue weighted by molar-refractivity contribution is 5.94. The highest BCUT2D eigenvalue weighted by atomic mass is 16.2. The van der Waals surface area contributed by atoms with Gasteiger partial charge in [0.2, 0.25) is 5.91 Å². The maximum Gasteiger partial charge on any atom is 0.253 e. The van der Waals surface area contributed by atoms with Gasteiger partial charge in [0.05, 0.1) is 0 Å². The van der Waals surface area contributed by atoms with Crippen molar-refractivity contribution in [3.8, 4) is 0 Å². The summed E-state index contributed by atoms with van der Waals surface area (Å²) in [6.07, 6.45) is 2.79. The van der Waals surface area contributed by atoms with Crippen molar-refractivity contribution in [2.75, 3.05) is 26.2 Å². The molecule has 4 nitrogen and oxygen atoms in total. The Labute approximate surface area is 144 Å². The minimum atomic E-state index is 0.0849. The van der Waals surface area contributed by atoms with Gasteiger partial charge in [-0.05, 0) is 43.2 Å². The van der Waals surface area contributed by atoms with E-state index in [1.807, 2.05) is 35.2 Å². The second-order valence-corrected chi connectivity index (χ2v) is 7.62. The zero-order valence-electron chi connectivity index (χ0n) is 14.8. The summed E-state index contributed by atoms with van der Waals surface area (Å²) in [5.41, 5.74) is 0.737. The summed E-state index contributed by atoms with van der Waals surface area (Å²) in [7, 11) is 0. The van der Waals surface area contributed by atoms with Crippen molar-refractivity contribution in [2.45, 2.75) is 33.1 Å². The Bertz CT molecular complexity index is 569. The third-order valence-corrected chi connectivity index (χ3v) is 5.33. The van der Waals surface area contributed by atoms with Gasteiger partial charge in [0, 0.05) is 37.7 Å². The van der Waals surface area contributed by atoms with Crippen molar-refractivity contribution >= 4 is 11.8 Å². The largest absolute Gasteiger partial charge is 0.342 e. The van der Waals surface area contributed by atoms with Crippen molar-refractivity contribution in [3.05, 3.63) is 35.9 Å². The first-order valence-electron chi connectivity index (χ1n) is 9.17. The number of hydrogen-bond donors (Lipinski definition) is 0. The lowest BCUT2D eigenvalue weighted by Crippen LogP contribution is -2.48. The van der Waals surface area contributed by atoms with E-state index in [-0.39, 0.29) is 11.8 Å². The molecule has 2 amide bonds. The molecule has 24 heavy (non-hydrogen) atoms. The Kier molecular flexibility index (Phi) is 5.22. The molecule has 130 valence electrons. The zero-order valence-corrected chi connectivity index (χ0v) is 14.8. The molecule has 2 heterocycles. The Morgan fingerprint density at radius 1 is 0.917 bits per heavy atom. The normalized spacial score (nSPS) is 25.6. The SMILES string of the molecule is C[C@@H]1C[C@@H](C)CN(C(=O)C2CCN(C(=O)c3ccccc3)CC2)C1. The summed E-state index contributed by atoms with van der Waals surface area (Å²) in [6.45, 7) is 7.62. The van der Waals surface area contributed by atoms with Crippen LogP contribution in [-0.2, 0) is 4.79 Å². The van der Waals surface area contributed by atoms with Gasteiger partial charge in [-0.3, -0.25) is 9.59 Å². The van der Waals surface area contributed by atoms with Crippen molar-refractivity contribution < 1.29 is 9.59 Å². The number of nitrogens with zero attached hydrogens (tertiary/aromatic N) is 2. The van der Waals surface area contributed by atoms with E-state index in [1.54, 1.807) is 0 Å². The molecule has 0 saturated carbocycles. The van der Waals surface area contributed by atoms with Gasteiger partial charge < -0.3 is 9.80 Å². The molecule has 0 radical (unpaired) electrons. The van der Waals surface area contributed by atoms with Crippen LogP contribution >= 0.6 is 0 Å². The molecule has 2 atom stereocenters. The number of rotatable bonds is 2. The third-order valence-electron chi connectivity index (χ3n) is 5.33. The molecule has 3 rings (SSSR count). The fraction of sp³-hybridized carbons (Fsp3) is 0.600. The number of hydrogen-bond acceptors (Lipinski definition) is 2. The minimum Gasteiger partial charge on any atom is -0.342 e. The van der Waals surface area contributed by atoms with Crippen LogP contribution in [0.15, 0.2) is 30.3 Å². The summed E-state index contributed by atoms with van der Waals surface area (Å²) in [4.78, 5) is 29.3. The van der Waals surface area contributed by atoms with E-state index in [4.69, 9.17) is 0 Å². The molecule has 1 aromatic rings. The van der Waals surface area contributed by atoms with Crippen LogP contribution in [-0.4, -0.2) is 47.8 Å². The van der Waals surface area contributed by atoms with Gasteiger partial charge in [0.1, 0.15) is 0 Å². The Morgan fingerprint density at radius 2 is 1.50 bits per heavy atom. The van der Waals surface area contributed by atoms with Crippen molar-refractivity contribution in [2.24, 2.45) is 17.8 Å². The molecule has 0 bridgehead atoms. The molecule has 0 N–H and O–H groups in total. The van der Waals surface area contributed by atoms with Crippen LogP contribution < -0.4 is 0 Å². The molecule has 4 heteroatoms. The van der Waals surface area contributed by atoms with Gasteiger partial charge in [-0.2, -0.15) is 0 Å².